The molecule has 1 N–H and O–H groups in total. The Bertz CT molecular complexity index is 686. The smallest absolute Gasteiger partial charge is 0.241 e. The standard InChI is InChI=1S/C15H19N3O3S/c1-3-13-5-4-6-14(11-13)16-12-15(19)17-7-9-18(10-8-17)22(2,20)21/h1,4-6,11,16H,7-10,12H2,2H3. The van der Waals surface area contributed by atoms with E-state index in [0.717, 1.165) is 11.3 Å². The first kappa shape index (κ1) is 16.3. The van der Waals surface area contributed by atoms with Crippen molar-refractivity contribution in [1.82, 2.24) is 9.21 Å². The minimum Gasteiger partial charge on any atom is -0.376 e. The van der Waals surface area contributed by atoms with Gasteiger partial charge in [-0.05, 0) is 18.2 Å². The molecule has 0 aliphatic carbocycles. The summed E-state index contributed by atoms with van der Waals surface area (Å²) in [4.78, 5) is 13.8. The van der Waals surface area contributed by atoms with Crippen molar-refractivity contribution in [3.8, 4) is 12.3 Å². The highest BCUT2D eigenvalue weighted by atomic mass is 32.2. The van der Waals surface area contributed by atoms with Crippen LogP contribution in [0.2, 0.25) is 0 Å². The van der Waals surface area contributed by atoms with Gasteiger partial charge in [-0.3, -0.25) is 4.79 Å². The molecule has 1 heterocycles. The highest BCUT2D eigenvalue weighted by Gasteiger charge is 2.25. The van der Waals surface area contributed by atoms with Gasteiger partial charge in [-0.2, -0.15) is 4.31 Å². The second-order valence-corrected chi connectivity index (χ2v) is 7.10. The van der Waals surface area contributed by atoms with Crippen molar-refractivity contribution in [3.05, 3.63) is 29.8 Å². The van der Waals surface area contributed by atoms with Gasteiger partial charge in [0.1, 0.15) is 0 Å². The summed E-state index contributed by atoms with van der Waals surface area (Å²) in [7, 11) is -3.18. The molecule has 0 bridgehead atoms. The summed E-state index contributed by atoms with van der Waals surface area (Å²) in [5.74, 6) is 2.48. The van der Waals surface area contributed by atoms with Crippen molar-refractivity contribution in [3.63, 3.8) is 0 Å². The maximum Gasteiger partial charge on any atom is 0.241 e. The third kappa shape index (κ3) is 4.23. The molecule has 0 saturated carbocycles. The largest absolute Gasteiger partial charge is 0.376 e. The highest BCUT2D eigenvalue weighted by Crippen LogP contribution is 2.10. The van der Waals surface area contributed by atoms with Crippen molar-refractivity contribution >= 4 is 21.6 Å². The highest BCUT2D eigenvalue weighted by molar-refractivity contribution is 7.88. The Balaban J connectivity index is 1.85. The van der Waals surface area contributed by atoms with Crippen LogP contribution in [0.25, 0.3) is 0 Å². The van der Waals surface area contributed by atoms with Crippen molar-refractivity contribution < 1.29 is 13.2 Å². The van der Waals surface area contributed by atoms with Crippen LogP contribution in [0.3, 0.4) is 0 Å². The summed E-state index contributed by atoms with van der Waals surface area (Å²) >= 11 is 0. The first-order valence-corrected chi connectivity index (χ1v) is 8.78. The SMILES string of the molecule is C#Cc1cccc(NCC(=O)N2CCN(S(C)(=O)=O)CC2)c1. The quantitative estimate of drug-likeness (QED) is 0.804. The summed E-state index contributed by atoms with van der Waals surface area (Å²) in [6.45, 7) is 1.68. The molecule has 1 aromatic carbocycles. The van der Waals surface area contributed by atoms with Crippen molar-refractivity contribution in [2.75, 3.05) is 44.3 Å². The van der Waals surface area contributed by atoms with E-state index in [4.69, 9.17) is 6.42 Å². The van der Waals surface area contributed by atoms with Crippen LogP contribution in [-0.2, 0) is 14.8 Å². The van der Waals surface area contributed by atoms with E-state index >= 15 is 0 Å². The number of sulfonamides is 1. The Morgan fingerprint density at radius 1 is 1.32 bits per heavy atom. The first-order chi connectivity index (χ1) is 10.4. The monoisotopic (exact) mass is 321 g/mol. The summed E-state index contributed by atoms with van der Waals surface area (Å²) in [6.07, 6.45) is 6.52. The van der Waals surface area contributed by atoms with Gasteiger partial charge >= 0.3 is 0 Å². The van der Waals surface area contributed by atoms with Crippen LogP contribution in [0.1, 0.15) is 5.56 Å². The Kier molecular flexibility index (Phi) is 5.06. The van der Waals surface area contributed by atoms with Gasteiger partial charge < -0.3 is 10.2 Å². The van der Waals surface area contributed by atoms with E-state index in [1.807, 2.05) is 18.2 Å². The van der Waals surface area contributed by atoms with E-state index in [1.165, 1.54) is 10.6 Å². The number of terminal acetylenes is 1. The Morgan fingerprint density at radius 2 is 2.00 bits per heavy atom. The van der Waals surface area contributed by atoms with E-state index in [0.29, 0.717) is 26.2 Å². The number of hydrogen-bond acceptors (Lipinski definition) is 4. The van der Waals surface area contributed by atoms with Crippen molar-refractivity contribution in [1.29, 1.82) is 0 Å². The summed E-state index contributed by atoms with van der Waals surface area (Å²) in [5.41, 5.74) is 1.54. The molecule has 1 amide bonds. The summed E-state index contributed by atoms with van der Waals surface area (Å²) in [5, 5.41) is 3.04. The van der Waals surface area contributed by atoms with E-state index in [2.05, 4.69) is 11.2 Å². The summed E-state index contributed by atoms with van der Waals surface area (Å²) < 4.78 is 24.2. The fourth-order valence-electron chi connectivity index (χ4n) is 2.28. The molecule has 22 heavy (non-hydrogen) atoms. The molecule has 6 nitrogen and oxygen atoms in total. The van der Waals surface area contributed by atoms with E-state index in [9.17, 15) is 13.2 Å². The van der Waals surface area contributed by atoms with Gasteiger partial charge in [-0.25, -0.2) is 8.42 Å². The predicted molar refractivity (Wildman–Crippen MR) is 85.9 cm³/mol. The Morgan fingerprint density at radius 3 is 2.59 bits per heavy atom. The fourth-order valence-corrected chi connectivity index (χ4v) is 3.10. The molecule has 1 aliphatic rings. The van der Waals surface area contributed by atoms with Crippen LogP contribution in [0.4, 0.5) is 5.69 Å². The van der Waals surface area contributed by atoms with Crippen LogP contribution in [-0.4, -0.2) is 62.5 Å². The molecule has 118 valence electrons. The fraction of sp³-hybridized carbons (Fsp3) is 0.400. The van der Waals surface area contributed by atoms with E-state index in [-0.39, 0.29) is 12.5 Å². The normalized spacial score (nSPS) is 16.1. The van der Waals surface area contributed by atoms with Crippen LogP contribution < -0.4 is 5.32 Å². The zero-order chi connectivity index (χ0) is 16.2. The number of piperazine rings is 1. The molecule has 0 aromatic heterocycles. The van der Waals surface area contributed by atoms with Gasteiger partial charge in [-0.15, -0.1) is 6.42 Å². The average molecular weight is 321 g/mol. The lowest BCUT2D eigenvalue weighted by Gasteiger charge is -2.33. The minimum absolute atomic E-state index is 0.0562. The molecule has 0 atom stereocenters. The number of carbonyl (C=O) groups is 1. The number of nitrogens with zero attached hydrogens (tertiary/aromatic N) is 2. The second kappa shape index (κ2) is 6.81. The summed E-state index contributed by atoms with van der Waals surface area (Å²) in [6, 6.07) is 7.29. The van der Waals surface area contributed by atoms with Gasteiger partial charge in [-0.1, -0.05) is 12.0 Å². The molecule has 0 radical (unpaired) electrons. The molecule has 1 saturated heterocycles. The van der Waals surface area contributed by atoms with Crippen LogP contribution in [0.15, 0.2) is 24.3 Å². The Labute approximate surface area is 131 Å². The van der Waals surface area contributed by atoms with Crippen LogP contribution in [0, 0.1) is 12.3 Å². The lowest BCUT2D eigenvalue weighted by molar-refractivity contribution is -0.130. The molecule has 1 aliphatic heterocycles. The Hall–Kier alpha value is -2.04. The van der Waals surface area contributed by atoms with Crippen molar-refractivity contribution in [2.45, 2.75) is 0 Å². The number of rotatable bonds is 4. The number of nitrogens with one attached hydrogen (secondary N) is 1. The first-order valence-electron chi connectivity index (χ1n) is 6.93. The van der Waals surface area contributed by atoms with Gasteiger partial charge in [0.25, 0.3) is 0 Å². The third-order valence-corrected chi connectivity index (χ3v) is 4.84. The molecular formula is C15H19N3O3S. The predicted octanol–water partition coefficient (Wildman–Crippen LogP) is 0.184. The molecular weight excluding hydrogens is 302 g/mol. The number of benzene rings is 1. The number of amides is 1. The lowest BCUT2D eigenvalue weighted by atomic mass is 10.2. The van der Waals surface area contributed by atoms with Gasteiger partial charge in [0.2, 0.25) is 15.9 Å². The lowest BCUT2D eigenvalue weighted by Crippen LogP contribution is -2.51. The van der Waals surface area contributed by atoms with E-state index in [1.54, 1.807) is 11.0 Å². The third-order valence-electron chi connectivity index (χ3n) is 3.53. The number of anilines is 1. The molecule has 7 heteroatoms. The number of carbonyl (C=O) groups excluding carboxylic acids is 1. The van der Waals surface area contributed by atoms with Crippen LogP contribution >= 0.6 is 0 Å². The molecule has 1 aromatic rings. The zero-order valence-corrected chi connectivity index (χ0v) is 13.3. The second-order valence-electron chi connectivity index (χ2n) is 5.12. The maximum atomic E-state index is 12.1. The van der Waals surface area contributed by atoms with Crippen molar-refractivity contribution in [2.24, 2.45) is 0 Å². The minimum atomic E-state index is -3.18. The zero-order valence-electron chi connectivity index (χ0n) is 12.4. The maximum absolute atomic E-state index is 12.1. The molecule has 0 unspecified atom stereocenters. The van der Waals surface area contributed by atoms with E-state index < -0.39 is 10.0 Å². The van der Waals surface area contributed by atoms with Gasteiger partial charge in [0.05, 0.1) is 12.8 Å². The molecule has 2 rings (SSSR count). The van der Waals surface area contributed by atoms with Gasteiger partial charge in [0.15, 0.2) is 0 Å². The van der Waals surface area contributed by atoms with Gasteiger partial charge in [0, 0.05) is 37.4 Å². The average Bonchev–Trinajstić information content (AvgIpc) is 2.52. The molecule has 1 fully saturated rings. The van der Waals surface area contributed by atoms with Crippen LogP contribution in [0.5, 0.6) is 0 Å². The molecule has 0 spiro atoms. The number of hydrogen-bond donors (Lipinski definition) is 1. The topological polar surface area (TPSA) is 69.7 Å².